The summed E-state index contributed by atoms with van der Waals surface area (Å²) in [6, 6.07) is 0. The highest BCUT2D eigenvalue weighted by molar-refractivity contribution is 5.71. The second kappa shape index (κ2) is 50.8. The summed E-state index contributed by atoms with van der Waals surface area (Å²) < 4.78 is 16.7. The minimum absolute atomic E-state index is 0.0950. The molecule has 0 fully saturated rings. The SMILES string of the molecule is CC/C=C\C/C=C\C/C=C\CCCC(=O)OCC(COC(=O)CCCCCCCCC/C=C\CCCCCCCC)OC(=O)CCCCCCC/C=C\CCCCCCCCC. The molecule has 358 valence electrons. The number of hydrogen-bond donors (Lipinski definition) is 0. The lowest BCUT2D eigenvalue weighted by molar-refractivity contribution is -0.167. The summed E-state index contributed by atoms with van der Waals surface area (Å²) in [4.78, 5) is 37.9. The van der Waals surface area contributed by atoms with E-state index in [2.05, 4.69) is 81.5 Å². The first-order chi connectivity index (χ1) is 30.5. The topological polar surface area (TPSA) is 78.9 Å². The summed E-state index contributed by atoms with van der Waals surface area (Å²) in [5.74, 6) is -0.960. The fraction of sp³-hybridized carbons (Fsp3) is 0.768. The van der Waals surface area contributed by atoms with Crippen molar-refractivity contribution in [1.29, 1.82) is 0 Å². The Morgan fingerprint density at radius 2 is 0.645 bits per heavy atom. The highest BCUT2D eigenvalue weighted by atomic mass is 16.6. The van der Waals surface area contributed by atoms with Gasteiger partial charge in [-0.05, 0) is 96.3 Å². The van der Waals surface area contributed by atoms with Crippen LogP contribution in [0.4, 0.5) is 0 Å². The van der Waals surface area contributed by atoms with Crippen LogP contribution in [0.1, 0.15) is 258 Å². The number of carbonyl (C=O) groups excluding carboxylic acids is 3. The quantitative estimate of drug-likeness (QED) is 0.0262. The van der Waals surface area contributed by atoms with Crippen molar-refractivity contribution in [3.63, 3.8) is 0 Å². The van der Waals surface area contributed by atoms with Crippen molar-refractivity contribution in [2.24, 2.45) is 0 Å². The van der Waals surface area contributed by atoms with Crippen LogP contribution < -0.4 is 0 Å². The molecule has 6 nitrogen and oxygen atoms in total. The van der Waals surface area contributed by atoms with E-state index >= 15 is 0 Å². The molecule has 0 aromatic carbocycles. The highest BCUT2D eigenvalue weighted by Gasteiger charge is 2.19. The molecule has 0 amide bonds. The fourth-order valence-corrected chi connectivity index (χ4v) is 7.28. The number of esters is 3. The van der Waals surface area contributed by atoms with E-state index in [1.165, 1.54) is 135 Å². The van der Waals surface area contributed by atoms with E-state index in [0.717, 1.165) is 77.0 Å². The van der Waals surface area contributed by atoms with Gasteiger partial charge in [0.15, 0.2) is 6.10 Å². The summed E-state index contributed by atoms with van der Waals surface area (Å²) in [7, 11) is 0. The van der Waals surface area contributed by atoms with Gasteiger partial charge in [0.25, 0.3) is 0 Å². The van der Waals surface area contributed by atoms with Gasteiger partial charge >= 0.3 is 17.9 Å². The number of ether oxygens (including phenoxy) is 3. The Labute approximate surface area is 383 Å². The summed E-state index contributed by atoms with van der Waals surface area (Å²) in [6.45, 7) is 6.46. The molecule has 0 bridgehead atoms. The summed E-state index contributed by atoms with van der Waals surface area (Å²) in [5.41, 5.74) is 0. The molecule has 1 unspecified atom stereocenters. The predicted octanol–water partition coefficient (Wildman–Crippen LogP) is 17.3. The highest BCUT2D eigenvalue weighted by Crippen LogP contribution is 2.14. The first kappa shape index (κ1) is 59.1. The number of hydrogen-bond acceptors (Lipinski definition) is 6. The Morgan fingerprint density at radius 1 is 0.339 bits per heavy atom. The van der Waals surface area contributed by atoms with E-state index in [1.54, 1.807) is 0 Å². The van der Waals surface area contributed by atoms with Gasteiger partial charge in [-0.2, -0.15) is 0 Å². The number of carbonyl (C=O) groups is 3. The average Bonchev–Trinajstić information content (AvgIpc) is 3.27. The van der Waals surface area contributed by atoms with Crippen molar-refractivity contribution >= 4 is 17.9 Å². The third-order valence-electron chi connectivity index (χ3n) is 11.2. The molecule has 0 heterocycles. The zero-order chi connectivity index (χ0) is 45.1. The van der Waals surface area contributed by atoms with Gasteiger partial charge < -0.3 is 14.2 Å². The van der Waals surface area contributed by atoms with Crippen LogP contribution in [0.25, 0.3) is 0 Å². The summed E-state index contributed by atoms with van der Waals surface area (Å²) in [6.07, 6.45) is 62.2. The van der Waals surface area contributed by atoms with E-state index in [1.807, 2.05) is 0 Å². The third-order valence-corrected chi connectivity index (χ3v) is 11.2. The van der Waals surface area contributed by atoms with Crippen LogP contribution in [0.15, 0.2) is 60.8 Å². The van der Waals surface area contributed by atoms with Crippen LogP contribution >= 0.6 is 0 Å². The Kier molecular flexibility index (Phi) is 48.4. The zero-order valence-corrected chi connectivity index (χ0v) is 40.9. The zero-order valence-electron chi connectivity index (χ0n) is 40.9. The normalized spacial score (nSPS) is 12.5. The molecule has 0 aromatic rings. The van der Waals surface area contributed by atoms with Crippen molar-refractivity contribution < 1.29 is 28.6 Å². The fourth-order valence-electron chi connectivity index (χ4n) is 7.28. The van der Waals surface area contributed by atoms with E-state index in [0.29, 0.717) is 19.3 Å². The maximum atomic E-state index is 12.8. The van der Waals surface area contributed by atoms with E-state index < -0.39 is 6.10 Å². The van der Waals surface area contributed by atoms with Crippen LogP contribution in [-0.2, 0) is 28.6 Å². The van der Waals surface area contributed by atoms with Gasteiger partial charge in [0.05, 0.1) is 0 Å². The van der Waals surface area contributed by atoms with Crippen LogP contribution in [-0.4, -0.2) is 37.2 Å². The Morgan fingerprint density at radius 3 is 1.06 bits per heavy atom. The van der Waals surface area contributed by atoms with Crippen molar-refractivity contribution in [3.05, 3.63) is 60.8 Å². The van der Waals surface area contributed by atoms with Gasteiger partial charge in [0.1, 0.15) is 13.2 Å². The second-order valence-electron chi connectivity index (χ2n) is 17.4. The van der Waals surface area contributed by atoms with E-state index in [-0.39, 0.29) is 37.5 Å². The molecule has 0 N–H and O–H groups in total. The van der Waals surface area contributed by atoms with Crippen molar-refractivity contribution in [3.8, 4) is 0 Å². The summed E-state index contributed by atoms with van der Waals surface area (Å²) in [5, 5.41) is 0. The molecular weight excluding hydrogens is 769 g/mol. The molecule has 0 aliphatic heterocycles. The standard InChI is InChI=1S/C56H98O6/c1-4-7-10-13-16-19-22-24-26-28-30-31-34-37-40-43-46-49-55(58)61-52-53(51-60-54(57)48-45-42-39-36-33-21-18-15-12-9-6-3)62-56(59)50-47-44-41-38-35-32-29-27-25-23-20-17-14-11-8-5-2/h9,12,18,21,24,26-27,29,36,39,53H,4-8,10-11,13-17,19-20,22-23,25,28,30-35,37-38,40-52H2,1-3H3/b12-9-,21-18-,26-24-,29-27-,39-36-. The molecule has 6 heteroatoms. The lowest BCUT2D eigenvalue weighted by atomic mass is 10.1. The van der Waals surface area contributed by atoms with Crippen molar-refractivity contribution in [2.75, 3.05) is 13.2 Å². The molecule has 0 rings (SSSR count). The maximum absolute atomic E-state index is 12.8. The molecule has 0 aliphatic rings. The number of unbranched alkanes of at least 4 members (excludes halogenated alkanes) is 26. The van der Waals surface area contributed by atoms with Crippen LogP contribution in [0.5, 0.6) is 0 Å². The molecular formula is C56H98O6. The van der Waals surface area contributed by atoms with E-state index in [4.69, 9.17) is 14.2 Å². The third kappa shape index (κ3) is 48.1. The van der Waals surface area contributed by atoms with Gasteiger partial charge in [-0.1, -0.05) is 204 Å². The molecule has 0 saturated carbocycles. The van der Waals surface area contributed by atoms with Gasteiger partial charge in [0, 0.05) is 19.3 Å². The monoisotopic (exact) mass is 867 g/mol. The van der Waals surface area contributed by atoms with Crippen LogP contribution in [0, 0.1) is 0 Å². The van der Waals surface area contributed by atoms with E-state index in [9.17, 15) is 14.4 Å². The molecule has 0 radical (unpaired) electrons. The smallest absolute Gasteiger partial charge is 0.306 e. The minimum Gasteiger partial charge on any atom is -0.462 e. The maximum Gasteiger partial charge on any atom is 0.306 e. The van der Waals surface area contributed by atoms with Crippen LogP contribution in [0.3, 0.4) is 0 Å². The van der Waals surface area contributed by atoms with Crippen molar-refractivity contribution in [2.45, 2.75) is 264 Å². The number of rotatable bonds is 47. The second-order valence-corrected chi connectivity index (χ2v) is 17.4. The van der Waals surface area contributed by atoms with Gasteiger partial charge in [0.2, 0.25) is 0 Å². The first-order valence-corrected chi connectivity index (χ1v) is 26.3. The van der Waals surface area contributed by atoms with Gasteiger partial charge in [-0.3, -0.25) is 14.4 Å². The Bertz CT molecular complexity index is 1130. The average molecular weight is 867 g/mol. The summed E-state index contributed by atoms with van der Waals surface area (Å²) >= 11 is 0. The molecule has 0 spiro atoms. The Hall–Kier alpha value is -2.89. The lowest BCUT2D eigenvalue weighted by Gasteiger charge is -2.18. The largest absolute Gasteiger partial charge is 0.462 e. The first-order valence-electron chi connectivity index (χ1n) is 26.3. The molecule has 0 saturated heterocycles. The molecule has 1 atom stereocenters. The lowest BCUT2D eigenvalue weighted by Crippen LogP contribution is -2.30. The Balaban J connectivity index is 4.40. The van der Waals surface area contributed by atoms with Crippen molar-refractivity contribution in [1.82, 2.24) is 0 Å². The molecule has 0 aromatic heterocycles. The van der Waals surface area contributed by atoms with Gasteiger partial charge in [-0.25, -0.2) is 0 Å². The minimum atomic E-state index is -0.799. The number of allylic oxidation sites excluding steroid dienone is 10. The predicted molar refractivity (Wildman–Crippen MR) is 265 cm³/mol. The molecule has 62 heavy (non-hydrogen) atoms. The molecule has 0 aliphatic carbocycles. The van der Waals surface area contributed by atoms with Crippen LogP contribution in [0.2, 0.25) is 0 Å². The van der Waals surface area contributed by atoms with Gasteiger partial charge in [-0.15, -0.1) is 0 Å².